The maximum absolute atomic E-state index is 12.2. The fourth-order valence-electron chi connectivity index (χ4n) is 1.72. The van der Waals surface area contributed by atoms with Gasteiger partial charge in [-0.3, -0.25) is 9.69 Å². The van der Waals surface area contributed by atoms with Crippen molar-refractivity contribution in [2.24, 2.45) is 0 Å². The van der Waals surface area contributed by atoms with Gasteiger partial charge in [0, 0.05) is 34.5 Å². The van der Waals surface area contributed by atoms with Crippen LogP contribution < -0.4 is 5.32 Å². The average Bonchev–Trinajstić information content (AvgIpc) is 2.75. The zero-order chi connectivity index (χ0) is 14.3. The maximum Gasteiger partial charge on any atom is 0.242 e. The molecule has 1 aromatic heterocycles. The number of carbonyl (C=O) groups is 1. The third kappa shape index (κ3) is 5.60. The van der Waals surface area contributed by atoms with Gasteiger partial charge in [-0.25, -0.2) is 0 Å². The van der Waals surface area contributed by atoms with E-state index in [0.29, 0.717) is 13.2 Å². The number of hydrogen-bond donors (Lipinski definition) is 1. The van der Waals surface area contributed by atoms with Gasteiger partial charge in [0.1, 0.15) is 6.04 Å². The lowest BCUT2D eigenvalue weighted by molar-refractivity contribution is -0.125. The summed E-state index contributed by atoms with van der Waals surface area (Å²) in [5.74, 6) is 0.0378. The summed E-state index contributed by atoms with van der Waals surface area (Å²) in [6.45, 7) is 4.02. The van der Waals surface area contributed by atoms with Gasteiger partial charge >= 0.3 is 0 Å². The van der Waals surface area contributed by atoms with Gasteiger partial charge in [0.15, 0.2) is 0 Å². The molecule has 1 rings (SSSR count). The number of nitrogens with one attached hydrogen (secondary N) is 1. The van der Waals surface area contributed by atoms with Crippen molar-refractivity contribution in [3.05, 3.63) is 20.8 Å². The SMILES string of the molecule is CCOCCCNC(=O)C(c1cc(Br)cs1)N(C)C. The number of rotatable bonds is 8. The van der Waals surface area contributed by atoms with E-state index in [9.17, 15) is 4.79 Å². The highest BCUT2D eigenvalue weighted by Crippen LogP contribution is 2.28. The van der Waals surface area contributed by atoms with Gasteiger partial charge in [-0.05, 0) is 49.4 Å². The normalized spacial score (nSPS) is 12.7. The van der Waals surface area contributed by atoms with Crippen molar-refractivity contribution in [3.63, 3.8) is 0 Å². The second kappa shape index (κ2) is 8.68. The second-order valence-corrected chi connectivity index (χ2v) is 6.23. The first kappa shape index (κ1) is 16.6. The highest BCUT2D eigenvalue weighted by molar-refractivity contribution is 9.10. The van der Waals surface area contributed by atoms with Crippen LogP contribution in [0.15, 0.2) is 15.9 Å². The zero-order valence-electron chi connectivity index (χ0n) is 11.6. The van der Waals surface area contributed by atoms with E-state index in [4.69, 9.17) is 4.74 Å². The van der Waals surface area contributed by atoms with Crippen molar-refractivity contribution in [1.82, 2.24) is 10.2 Å². The molecule has 0 bridgehead atoms. The molecule has 0 radical (unpaired) electrons. The first-order chi connectivity index (χ1) is 9.06. The van der Waals surface area contributed by atoms with Crippen LogP contribution in [0.2, 0.25) is 0 Å². The summed E-state index contributed by atoms with van der Waals surface area (Å²) in [4.78, 5) is 15.2. The Morgan fingerprint density at radius 2 is 2.32 bits per heavy atom. The second-order valence-electron chi connectivity index (χ2n) is 4.37. The minimum absolute atomic E-state index is 0.0378. The van der Waals surface area contributed by atoms with Crippen molar-refractivity contribution >= 4 is 33.2 Å². The first-order valence-electron chi connectivity index (χ1n) is 6.32. The van der Waals surface area contributed by atoms with Gasteiger partial charge in [-0.15, -0.1) is 11.3 Å². The van der Waals surface area contributed by atoms with Gasteiger partial charge in [-0.2, -0.15) is 0 Å². The molecule has 0 saturated carbocycles. The summed E-state index contributed by atoms with van der Waals surface area (Å²) in [5.41, 5.74) is 0. The summed E-state index contributed by atoms with van der Waals surface area (Å²) < 4.78 is 6.26. The molecule has 1 N–H and O–H groups in total. The summed E-state index contributed by atoms with van der Waals surface area (Å²) in [6.07, 6.45) is 0.841. The lowest BCUT2D eigenvalue weighted by atomic mass is 10.2. The monoisotopic (exact) mass is 348 g/mol. The number of carbonyl (C=O) groups excluding carboxylic acids is 1. The summed E-state index contributed by atoms with van der Waals surface area (Å²) in [7, 11) is 3.83. The van der Waals surface area contributed by atoms with Crippen molar-refractivity contribution in [2.45, 2.75) is 19.4 Å². The Bertz CT molecular complexity index is 396. The molecule has 0 saturated heterocycles. The molecule has 0 fully saturated rings. The molecule has 0 aliphatic heterocycles. The lowest BCUT2D eigenvalue weighted by Crippen LogP contribution is -2.37. The van der Waals surface area contributed by atoms with Crippen LogP contribution in [0.1, 0.15) is 24.3 Å². The number of thiophene rings is 1. The average molecular weight is 349 g/mol. The number of halogens is 1. The van der Waals surface area contributed by atoms with Crippen molar-refractivity contribution in [1.29, 1.82) is 0 Å². The molecular formula is C13H21BrN2O2S. The summed E-state index contributed by atoms with van der Waals surface area (Å²) >= 11 is 5.01. The van der Waals surface area contributed by atoms with E-state index in [-0.39, 0.29) is 11.9 Å². The largest absolute Gasteiger partial charge is 0.382 e. The van der Waals surface area contributed by atoms with Crippen LogP contribution >= 0.6 is 27.3 Å². The fourth-order valence-corrected chi connectivity index (χ4v) is 3.35. The van der Waals surface area contributed by atoms with E-state index in [0.717, 1.165) is 22.4 Å². The van der Waals surface area contributed by atoms with Gasteiger partial charge in [0.2, 0.25) is 5.91 Å². The van der Waals surface area contributed by atoms with Crippen LogP contribution in [-0.2, 0) is 9.53 Å². The Morgan fingerprint density at radius 3 is 2.84 bits per heavy atom. The third-order valence-corrected chi connectivity index (χ3v) is 4.34. The maximum atomic E-state index is 12.2. The standard InChI is InChI=1S/C13H21BrN2O2S/c1-4-18-7-5-6-15-13(17)12(16(2)3)11-8-10(14)9-19-11/h8-9,12H,4-7H2,1-3H3,(H,15,17). The van der Waals surface area contributed by atoms with Crippen LogP contribution in [0.3, 0.4) is 0 Å². The van der Waals surface area contributed by atoms with E-state index in [2.05, 4.69) is 21.2 Å². The predicted octanol–water partition coefficient (Wildman–Crippen LogP) is 2.66. The van der Waals surface area contributed by atoms with E-state index < -0.39 is 0 Å². The fraction of sp³-hybridized carbons (Fsp3) is 0.615. The Morgan fingerprint density at radius 1 is 1.58 bits per heavy atom. The number of likely N-dealkylation sites (N-methyl/N-ethyl adjacent to an activating group) is 1. The minimum atomic E-state index is -0.233. The van der Waals surface area contributed by atoms with Gasteiger partial charge in [0.25, 0.3) is 0 Å². The van der Waals surface area contributed by atoms with Crippen LogP contribution in [0.5, 0.6) is 0 Å². The van der Waals surface area contributed by atoms with Crippen LogP contribution in [-0.4, -0.2) is 44.7 Å². The van der Waals surface area contributed by atoms with E-state index in [1.807, 2.05) is 37.4 Å². The molecular weight excluding hydrogens is 328 g/mol. The molecule has 0 aliphatic carbocycles. The van der Waals surface area contributed by atoms with Gasteiger partial charge in [-0.1, -0.05) is 0 Å². The molecule has 1 amide bonds. The molecule has 0 spiro atoms. The molecule has 0 aliphatic rings. The van der Waals surface area contributed by atoms with Crippen LogP contribution in [0, 0.1) is 0 Å². The topological polar surface area (TPSA) is 41.6 Å². The Balaban J connectivity index is 2.50. The Kier molecular flexibility index (Phi) is 7.60. The molecule has 4 nitrogen and oxygen atoms in total. The first-order valence-corrected chi connectivity index (χ1v) is 7.99. The molecule has 1 heterocycles. The van der Waals surface area contributed by atoms with Crippen molar-refractivity contribution in [2.75, 3.05) is 33.9 Å². The quantitative estimate of drug-likeness (QED) is 0.734. The van der Waals surface area contributed by atoms with Crippen LogP contribution in [0.4, 0.5) is 0 Å². The molecule has 0 aromatic carbocycles. The number of amides is 1. The van der Waals surface area contributed by atoms with Crippen molar-refractivity contribution < 1.29 is 9.53 Å². The lowest BCUT2D eigenvalue weighted by Gasteiger charge is -2.22. The Hall–Kier alpha value is -0.430. The molecule has 1 atom stereocenters. The molecule has 108 valence electrons. The molecule has 1 unspecified atom stereocenters. The van der Waals surface area contributed by atoms with Gasteiger partial charge in [0.05, 0.1) is 0 Å². The predicted molar refractivity (Wildman–Crippen MR) is 82.6 cm³/mol. The highest BCUT2D eigenvalue weighted by atomic mass is 79.9. The van der Waals surface area contributed by atoms with E-state index >= 15 is 0 Å². The number of ether oxygens (including phenoxy) is 1. The zero-order valence-corrected chi connectivity index (χ0v) is 14.0. The third-order valence-electron chi connectivity index (χ3n) is 2.59. The van der Waals surface area contributed by atoms with Crippen LogP contribution in [0.25, 0.3) is 0 Å². The Labute approximate surface area is 127 Å². The summed E-state index contributed by atoms with van der Waals surface area (Å²) in [6, 6.07) is 1.76. The highest BCUT2D eigenvalue weighted by Gasteiger charge is 2.23. The number of nitrogens with zero attached hydrogens (tertiary/aromatic N) is 1. The molecule has 1 aromatic rings. The minimum Gasteiger partial charge on any atom is -0.382 e. The van der Waals surface area contributed by atoms with Gasteiger partial charge < -0.3 is 10.1 Å². The van der Waals surface area contributed by atoms with E-state index in [1.165, 1.54) is 0 Å². The van der Waals surface area contributed by atoms with E-state index in [1.54, 1.807) is 11.3 Å². The smallest absolute Gasteiger partial charge is 0.242 e. The molecule has 19 heavy (non-hydrogen) atoms. The number of hydrogen-bond acceptors (Lipinski definition) is 4. The summed E-state index contributed by atoms with van der Waals surface area (Å²) in [5, 5.41) is 4.96. The molecule has 6 heteroatoms. The van der Waals surface area contributed by atoms with Crippen molar-refractivity contribution in [3.8, 4) is 0 Å².